The second kappa shape index (κ2) is 5.97. The van der Waals surface area contributed by atoms with Crippen molar-refractivity contribution in [2.24, 2.45) is 0 Å². The van der Waals surface area contributed by atoms with E-state index in [1.165, 1.54) is 12.1 Å². The fourth-order valence-electron chi connectivity index (χ4n) is 1.91. The summed E-state index contributed by atoms with van der Waals surface area (Å²) in [7, 11) is 0. The first-order chi connectivity index (χ1) is 9.77. The van der Waals surface area contributed by atoms with Gasteiger partial charge in [0.05, 0.1) is 5.56 Å². The van der Waals surface area contributed by atoms with Gasteiger partial charge in [-0.15, -0.1) is 0 Å². The van der Waals surface area contributed by atoms with Crippen molar-refractivity contribution >= 4 is 21.6 Å². The largest absolute Gasteiger partial charge is 0.489 e. The molecule has 0 bridgehead atoms. The Morgan fingerprint density at radius 1 is 1.14 bits per heavy atom. The SMILES string of the molecule is Cc1cc(Br)ccc1OCc1ccc(N)cc1C(F)(F)F. The highest BCUT2D eigenvalue weighted by Gasteiger charge is 2.33. The highest BCUT2D eigenvalue weighted by Crippen LogP contribution is 2.34. The Morgan fingerprint density at radius 3 is 2.48 bits per heavy atom. The van der Waals surface area contributed by atoms with Gasteiger partial charge in [0, 0.05) is 15.7 Å². The molecule has 0 radical (unpaired) electrons. The molecule has 0 fully saturated rings. The second-order valence-corrected chi connectivity index (χ2v) is 5.53. The van der Waals surface area contributed by atoms with Gasteiger partial charge in [-0.3, -0.25) is 0 Å². The second-order valence-electron chi connectivity index (χ2n) is 4.61. The highest BCUT2D eigenvalue weighted by atomic mass is 79.9. The van der Waals surface area contributed by atoms with Crippen LogP contribution in [0.15, 0.2) is 40.9 Å². The molecule has 0 heterocycles. The minimum atomic E-state index is -4.46. The summed E-state index contributed by atoms with van der Waals surface area (Å²) < 4.78 is 45.3. The lowest BCUT2D eigenvalue weighted by Crippen LogP contribution is -2.11. The lowest BCUT2D eigenvalue weighted by Gasteiger charge is -2.15. The zero-order chi connectivity index (χ0) is 15.6. The summed E-state index contributed by atoms with van der Waals surface area (Å²) in [6.45, 7) is 1.66. The van der Waals surface area contributed by atoms with Crippen LogP contribution in [0.3, 0.4) is 0 Å². The van der Waals surface area contributed by atoms with Gasteiger partial charge in [0.1, 0.15) is 12.4 Å². The minimum Gasteiger partial charge on any atom is -0.489 e. The summed E-state index contributed by atoms with van der Waals surface area (Å²) in [4.78, 5) is 0. The van der Waals surface area contributed by atoms with Crippen LogP contribution in [0, 0.1) is 6.92 Å². The minimum absolute atomic E-state index is 0.0546. The van der Waals surface area contributed by atoms with Gasteiger partial charge < -0.3 is 10.5 Å². The zero-order valence-corrected chi connectivity index (χ0v) is 12.8. The molecule has 112 valence electrons. The van der Waals surface area contributed by atoms with Gasteiger partial charge in [-0.25, -0.2) is 0 Å². The van der Waals surface area contributed by atoms with E-state index in [4.69, 9.17) is 10.5 Å². The van der Waals surface area contributed by atoms with Crippen molar-refractivity contribution < 1.29 is 17.9 Å². The van der Waals surface area contributed by atoms with E-state index in [-0.39, 0.29) is 17.9 Å². The molecule has 0 saturated carbocycles. The Morgan fingerprint density at radius 2 is 1.86 bits per heavy atom. The van der Waals surface area contributed by atoms with Gasteiger partial charge in [0.15, 0.2) is 0 Å². The molecule has 0 spiro atoms. The lowest BCUT2D eigenvalue weighted by molar-refractivity contribution is -0.138. The summed E-state index contributed by atoms with van der Waals surface area (Å²) in [5, 5.41) is 0. The van der Waals surface area contributed by atoms with E-state index >= 15 is 0 Å². The predicted octanol–water partition coefficient (Wildman–Crippen LogP) is 4.94. The molecule has 2 N–H and O–H groups in total. The van der Waals surface area contributed by atoms with Crippen LogP contribution in [0.4, 0.5) is 18.9 Å². The molecule has 0 aliphatic heterocycles. The molecule has 2 aromatic carbocycles. The first-order valence-corrected chi connectivity index (χ1v) is 6.91. The topological polar surface area (TPSA) is 35.2 Å². The van der Waals surface area contributed by atoms with E-state index < -0.39 is 11.7 Å². The van der Waals surface area contributed by atoms with E-state index in [0.717, 1.165) is 16.1 Å². The number of aryl methyl sites for hydroxylation is 1. The number of nitrogen functional groups attached to an aromatic ring is 1. The fourth-order valence-corrected chi connectivity index (χ4v) is 2.39. The molecular formula is C15H13BrF3NO. The van der Waals surface area contributed by atoms with Gasteiger partial charge in [-0.05, 0) is 42.8 Å². The average Bonchev–Trinajstić information content (AvgIpc) is 2.38. The first-order valence-electron chi connectivity index (χ1n) is 6.12. The van der Waals surface area contributed by atoms with Crippen LogP contribution in [0.5, 0.6) is 5.75 Å². The van der Waals surface area contributed by atoms with Gasteiger partial charge in [0.25, 0.3) is 0 Å². The molecule has 6 heteroatoms. The van der Waals surface area contributed by atoms with Crippen molar-refractivity contribution in [2.45, 2.75) is 19.7 Å². The molecule has 0 amide bonds. The maximum absolute atomic E-state index is 13.0. The first kappa shape index (κ1) is 15.7. The number of benzene rings is 2. The maximum atomic E-state index is 13.0. The zero-order valence-electron chi connectivity index (χ0n) is 11.2. The van der Waals surface area contributed by atoms with Crippen molar-refractivity contribution in [1.29, 1.82) is 0 Å². The average molecular weight is 360 g/mol. The van der Waals surface area contributed by atoms with Crippen LogP contribution in [0.1, 0.15) is 16.7 Å². The Hall–Kier alpha value is -1.69. The molecule has 0 aromatic heterocycles. The number of ether oxygens (including phenoxy) is 1. The monoisotopic (exact) mass is 359 g/mol. The molecule has 21 heavy (non-hydrogen) atoms. The number of alkyl halides is 3. The summed E-state index contributed by atoms with van der Waals surface area (Å²) in [5.74, 6) is 0.545. The van der Waals surface area contributed by atoms with Crippen LogP contribution in [-0.2, 0) is 12.8 Å². The molecule has 0 unspecified atom stereocenters. The molecule has 2 rings (SSSR count). The number of nitrogens with two attached hydrogens (primary N) is 1. The highest BCUT2D eigenvalue weighted by molar-refractivity contribution is 9.10. The fraction of sp³-hybridized carbons (Fsp3) is 0.200. The van der Waals surface area contributed by atoms with Crippen molar-refractivity contribution in [1.82, 2.24) is 0 Å². The number of anilines is 1. The number of hydrogen-bond acceptors (Lipinski definition) is 2. The van der Waals surface area contributed by atoms with Gasteiger partial charge in [0.2, 0.25) is 0 Å². The summed E-state index contributed by atoms with van der Waals surface area (Å²) >= 11 is 3.32. The Kier molecular flexibility index (Phi) is 4.46. The quantitative estimate of drug-likeness (QED) is 0.788. The molecular weight excluding hydrogens is 347 g/mol. The van der Waals surface area contributed by atoms with Gasteiger partial charge in [-0.1, -0.05) is 22.0 Å². The molecule has 2 nitrogen and oxygen atoms in total. The van der Waals surface area contributed by atoms with Crippen LogP contribution in [0.25, 0.3) is 0 Å². The normalized spacial score (nSPS) is 11.5. The van der Waals surface area contributed by atoms with E-state index in [9.17, 15) is 13.2 Å². The Labute approximate surface area is 128 Å². The van der Waals surface area contributed by atoms with E-state index in [1.807, 2.05) is 13.0 Å². The lowest BCUT2D eigenvalue weighted by atomic mass is 10.1. The van der Waals surface area contributed by atoms with Crippen LogP contribution in [-0.4, -0.2) is 0 Å². The maximum Gasteiger partial charge on any atom is 0.416 e. The van der Waals surface area contributed by atoms with Crippen molar-refractivity contribution in [3.63, 3.8) is 0 Å². The van der Waals surface area contributed by atoms with E-state index in [1.54, 1.807) is 12.1 Å². The Balaban J connectivity index is 2.24. The van der Waals surface area contributed by atoms with Gasteiger partial charge >= 0.3 is 6.18 Å². The molecule has 0 aliphatic rings. The number of rotatable bonds is 3. The molecule has 2 aromatic rings. The summed E-state index contributed by atoms with van der Waals surface area (Å²) in [6.07, 6.45) is -4.46. The Bertz CT molecular complexity index is 656. The smallest absolute Gasteiger partial charge is 0.416 e. The van der Waals surface area contributed by atoms with E-state index in [0.29, 0.717) is 5.75 Å². The van der Waals surface area contributed by atoms with Crippen LogP contribution >= 0.6 is 15.9 Å². The van der Waals surface area contributed by atoms with Crippen LogP contribution in [0.2, 0.25) is 0 Å². The third-order valence-electron chi connectivity index (χ3n) is 2.96. The number of hydrogen-bond donors (Lipinski definition) is 1. The third kappa shape index (κ3) is 3.91. The standard InChI is InChI=1S/C15H13BrF3NO/c1-9-6-11(16)3-5-14(9)21-8-10-2-4-12(20)7-13(10)15(17,18)19/h2-7H,8,20H2,1H3. The van der Waals surface area contributed by atoms with Crippen molar-refractivity contribution in [2.75, 3.05) is 5.73 Å². The molecule has 0 atom stereocenters. The van der Waals surface area contributed by atoms with Crippen LogP contribution < -0.4 is 10.5 Å². The summed E-state index contributed by atoms with van der Waals surface area (Å²) in [6, 6.07) is 9.02. The third-order valence-corrected chi connectivity index (χ3v) is 3.45. The summed E-state index contributed by atoms with van der Waals surface area (Å²) in [5.41, 5.74) is 5.63. The van der Waals surface area contributed by atoms with E-state index in [2.05, 4.69) is 15.9 Å². The van der Waals surface area contributed by atoms with Crippen molar-refractivity contribution in [3.05, 3.63) is 57.6 Å². The molecule has 0 saturated heterocycles. The van der Waals surface area contributed by atoms with Crippen molar-refractivity contribution in [3.8, 4) is 5.75 Å². The molecule has 0 aliphatic carbocycles. The number of halogens is 4. The van der Waals surface area contributed by atoms with Gasteiger partial charge in [-0.2, -0.15) is 13.2 Å². The predicted molar refractivity (Wildman–Crippen MR) is 79.1 cm³/mol.